The lowest BCUT2D eigenvalue weighted by Gasteiger charge is -2.26. The summed E-state index contributed by atoms with van der Waals surface area (Å²) in [5.41, 5.74) is 6.56. The fourth-order valence-electron chi connectivity index (χ4n) is 1.99. The molecule has 1 rings (SSSR count). The van der Waals surface area contributed by atoms with Crippen LogP contribution in [0.15, 0.2) is 24.3 Å². The maximum Gasteiger partial charge on any atom is 0.253 e. The van der Waals surface area contributed by atoms with E-state index in [1.807, 2.05) is 13.8 Å². The molecule has 0 fully saturated rings. The molecule has 1 aromatic rings. The minimum absolute atomic E-state index is 0.145. The third-order valence-electron chi connectivity index (χ3n) is 2.78. The summed E-state index contributed by atoms with van der Waals surface area (Å²) in [6.45, 7) is 6.27. The maximum absolute atomic E-state index is 11.9. The molecule has 0 aliphatic carbocycles. The second-order valence-corrected chi connectivity index (χ2v) is 5.49. The van der Waals surface area contributed by atoms with Crippen LogP contribution in [-0.2, 0) is 0 Å². The van der Waals surface area contributed by atoms with Crippen molar-refractivity contribution < 1.29 is 9.90 Å². The van der Waals surface area contributed by atoms with Gasteiger partial charge in [-0.05, 0) is 30.9 Å². The Kier molecular flexibility index (Phi) is 4.73. The van der Waals surface area contributed by atoms with Crippen molar-refractivity contribution in [1.29, 1.82) is 0 Å². The van der Waals surface area contributed by atoms with Crippen molar-refractivity contribution in [2.75, 3.05) is 12.3 Å². The molecule has 100 valence electrons. The second kappa shape index (κ2) is 5.87. The van der Waals surface area contributed by atoms with Crippen LogP contribution in [-0.4, -0.2) is 23.7 Å². The standard InChI is InChI=1S/C14H22N2O2/c1-10(17)8-14(2,3)9-16-13(18)11-6-4-5-7-12(11)15/h4-7,10,17H,8-9,15H2,1-3H3,(H,16,18). The zero-order chi connectivity index (χ0) is 13.8. The molecule has 0 heterocycles. The van der Waals surface area contributed by atoms with Gasteiger partial charge in [0, 0.05) is 12.2 Å². The number of carbonyl (C=O) groups excluding carboxylic acids is 1. The topological polar surface area (TPSA) is 75.3 Å². The molecule has 0 spiro atoms. The minimum Gasteiger partial charge on any atom is -0.398 e. The number of para-hydroxylation sites is 1. The largest absolute Gasteiger partial charge is 0.398 e. The Morgan fingerprint density at radius 1 is 1.44 bits per heavy atom. The number of anilines is 1. The molecule has 1 unspecified atom stereocenters. The monoisotopic (exact) mass is 250 g/mol. The van der Waals surface area contributed by atoms with Crippen molar-refractivity contribution in [1.82, 2.24) is 5.32 Å². The van der Waals surface area contributed by atoms with Crippen LogP contribution in [0.3, 0.4) is 0 Å². The average Bonchev–Trinajstić information content (AvgIpc) is 2.25. The number of benzene rings is 1. The Morgan fingerprint density at radius 3 is 2.61 bits per heavy atom. The lowest BCUT2D eigenvalue weighted by Crippen LogP contribution is -2.36. The Hall–Kier alpha value is -1.55. The zero-order valence-corrected chi connectivity index (χ0v) is 11.2. The van der Waals surface area contributed by atoms with Gasteiger partial charge in [0.25, 0.3) is 5.91 Å². The van der Waals surface area contributed by atoms with Gasteiger partial charge in [0.2, 0.25) is 0 Å². The molecule has 0 aromatic heterocycles. The number of rotatable bonds is 5. The molecular formula is C14H22N2O2. The van der Waals surface area contributed by atoms with Gasteiger partial charge in [-0.1, -0.05) is 26.0 Å². The van der Waals surface area contributed by atoms with Crippen LogP contribution >= 0.6 is 0 Å². The van der Waals surface area contributed by atoms with E-state index in [0.717, 1.165) is 0 Å². The van der Waals surface area contributed by atoms with E-state index in [1.165, 1.54) is 0 Å². The summed E-state index contributed by atoms with van der Waals surface area (Å²) in [7, 11) is 0. The third kappa shape index (κ3) is 4.37. The number of hydrogen-bond acceptors (Lipinski definition) is 3. The minimum atomic E-state index is -0.376. The number of hydrogen-bond donors (Lipinski definition) is 3. The van der Waals surface area contributed by atoms with E-state index in [4.69, 9.17) is 5.73 Å². The molecule has 4 nitrogen and oxygen atoms in total. The quantitative estimate of drug-likeness (QED) is 0.697. The van der Waals surface area contributed by atoms with Crippen LogP contribution in [0.25, 0.3) is 0 Å². The molecule has 1 atom stereocenters. The van der Waals surface area contributed by atoms with Gasteiger partial charge < -0.3 is 16.2 Å². The number of nitrogens with two attached hydrogens (primary N) is 1. The predicted molar refractivity (Wildman–Crippen MR) is 73.3 cm³/mol. The van der Waals surface area contributed by atoms with Crippen LogP contribution in [0.1, 0.15) is 37.6 Å². The second-order valence-electron chi connectivity index (χ2n) is 5.49. The van der Waals surface area contributed by atoms with Crippen molar-refractivity contribution in [3.63, 3.8) is 0 Å². The van der Waals surface area contributed by atoms with Crippen LogP contribution in [0.5, 0.6) is 0 Å². The molecule has 1 aromatic carbocycles. The molecule has 0 saturated carbocycles. The van der Waals surface area contributed by atoms with E-state index in [1.54, 1.807) is 31.2 Å². The molecule has 0 radical (unpaired) electrons. The van der Waals surface area contributed by atoms with E-state index in [-0.39, 0.29) is 17.4 Å². The maximum atomic E-state index is 11.9. The molecule has 4 heteroatoms. The predicted octanol–water partition coefficient (Wildman–Crippen LogP) is 1.80. The third-order valence-corrected chi connectivity index (χ3v) is 2.78. The van der Waals surface area contributed by atoms with Gasteiger partial charge in [0.05, 0.1) is 11.7 Å². The first-order valence-electron chi connectivity index (χ1n) is 6.12. The first-order chi connectivity index (χ1) is 8.32. The molecule has 0 saturated heterocycles. The summed E-state index contributed by atoms with van der Waals surface area (Å²) in [4.78, 5) is 11.9. The van der Waals surface area contributed by atoms with E-state index in [9.17, 15) is 9.90 Å². The summed E-state index contributed by atoms with van der Waals surface area (Å²) in [5.74, 6) is -0.174. The fourth-order valence-corrected chi connectivity index (χ4v) is 1.99. The number of aliphatic hydroxyl groups is 1. The molecule has 1 amide bonds. The Morgan fingerprint density at radius 2 is 2.06 bits per heavy atom. The Bertz CT molecular complexity index is 414. The van der Waals surface area contributed by atoms with E-state index < -0.39 is 0 Å². The van der Waals surface area contributed by atoms with Crippen LogP contribution in [0.2, 0.25) is 0 Å². The Labute approximate surface area is 108 Å². The Balaban J connectivity index is 2.59. The number of carbonyl (C=O) groups is 1. The lowest BCUT2D eigenvalue weighted by molar-refractivity contribution is 0.0903. The SMILES string of the molecule is CC(O)CC(C)(C)CNC(=O)c1ccccc1N. The smallest absolute Gasteiger partial charge is 0.253 e. The highest BCUT2D eigenvalue weighted by Gasteiger charge is 2.21. The average molecular weight is 250 g/mol. The van der Waals surface area contributed by atoms with Gasteiger partial charge >= 0.3 is 0 Å². The van der Waals surface area contributed by atoms with Crippen LogP contribution in [0, 0.1) is 5.41 Å². The summed E-state index contributed by atoms with van der Waals surface area (Å²) in [6.07, 6.45) is 0.260. The normalized spacial score (nSPS) is 13.1. The summed E-state index contributed by atoms with van der Waals surface area (Å²) >= 11 is 0. The summed E-state index contributed by atoms with van der Waals surface area (Å²) < 4.78 is 0. The van der Waals surface area contributed by atoms with E-state index >= 15 is 0 Å². The van der Waals surface area contributed by atoms with Gasteiger partial charge in [0.1, 0.15) is 0 Å². The molecule has 4 N–H and O–H groups in total. The van der Waals surface area contributed by atoms with Crippen molar-refractivity contribution in [2.24, 2.45) is 5.41 Å². The summed E-state index contributed by atoms with van der Waals surface area (Å²) in [6, 6.07) is 6.98. The van der Waals surface area contributed by atoms with Crippen molar-refractivity contribution >= 4 is 11.6 Å². The summed E-state index contributed by atoms with van der Waals surface area (Å²) in [5, 5.41) is 12.2. The number of aliphatic hydroxyl groups excluding tert-OH is 1. The molecule has 18 heavy (non-hydrogen) atoms. The lowest BCUT2D eigenvalue weighted by atomic mass is 9.87. The van der Waals surface area contributed by atoms with Gasteiger partial charge in [-0.2, -0.15) is 0 Å². The highest BCUT2D eigenvalue weighted by molar-refractivity contribution is 5.99. The van der Waals surface area contributed by atoms with Gasteiger partial charge in [-0.15, -0.1) is 0 Å². The van der Waals surface area contributed by atoms with Gasteiger partial charge in [-0.3, -0.25) is 4.79 Å². The number of amides is 1. The molecule has 0 bridgehead atoms. The number of nitrogens with one attached hydrogen (secondary N) is 1. The van der Waals surface area contributed by atoms with Crippen LogP contribution < -0.4 is 11.1 Å². The molecule has 0 aliphatic rings. The van der Waals surface area contributed by atoms with Crippen LogP contribution in [0.4, 0.5) is 5.69 Å². The highest BCUT2D eigenvalue weighted by Crippen LogP contribution is 2.21. The van der Waals surface area contributed by atoms with Gasteiger partial charge in [-0.25, -0.2) is 0 Å². The van der Waals surface area contributed by atoms with Crippen molar-refractivity contribution in [3.05, 3.63) is 29.8 Å². The zero-order valence-electron chi connectivity index (χ0n) is 11.2. The van der Waals surface area contributed by atoms with Crippen molar-refractivity contribution in [3.8, 4) is 0 Å². The first kappa shape index (κ1) is 14.5. The van der Waals surface area contributed by atoms with Crippen molar-refractivity contribution in [2.45, 2.75) is 33.3 Å². The fraction of sp³-hybridized carbons (Fsp3) is 0.500. The van der Waals surface area contributed by atoms with E-state index in [2.05, 4.69) is 5.32 Å². The van der Waals surface area contributed by atoms with E-state index in [0.29, 0.717) is 24.2 Å². The first-order valence-corrected chi connectivity index (χ1v) is 6.12. The molecule has 0 aliphatic heterocycles. The molecular weight excluding hydrogens is 228 g/mol. The number of nitrogen functional groups attached to an aromatic ring is 1. The van der Waals surface area contributed by atoms with Gasteiger partial charge in [0.15, 0.2) is 0 Å². The highest BCUT2D eigenvalue weighted by atomic mass is 16.3.